The van der Waals surface area contributed by atoms with Crippen LogP contribution in [0.5, 0.6) is 0 Å². The maximum absolute atomic E-state index is 13.7. The fourth-order valence-electron chi connectivity index (χ4n) is 4.76. The van der Waals surface area contributed by atoms with Crippen LogP contribution in [-0.2, 0) is 20.7 Å². The Morgan fingerprint density at radius 2 is 1.69 bits per heavy atom. The molecule has 7 nitrogen and oxygen atoms in total. The number of amides is 2. The van der Waals surface area contributed by atoms with E-state index in [2.05, 4.69) is 0 Å². The number of carbonyl (C=O) groups is 3. The van der Waals surface area contributed by atoms with Crippen LogP contribution in [0, 0.1) is 0 Å². The third-order valence-electron chi connectivity index (χ3n) is 7.08. The Kier molecular flexibility index (Phi) is 8.73. The van der Waals surface area contributed by atoms with Gasteiger partial charge in [-0.25, -0.2) is 4.79 Å². The van der Waals surface area contributed by atoms with E-state index in [1.807, 2.05) is 55.5 Å². The van der Waals surface area contributed by atoms with Crippen molar-refractivity contribution in [2.24, 2.45) is 0 Å². The maximum atomic E-state index is 13.7. The highest BCUT2D eigenvalue weighted by atomic mass is 35.5. The van der Waals surface area contributed by atoms with Crippen LogP contribution in [0.2, 0.25) is 5.02 Å². The molecule has 2 amide bonds. The quantitative estimate of drug-likeness (QED) is 0.357. The van der Waals surface area contributed by atoms with E-state index in [0.717, 1.165) is 22.5 Å². The van der Waals surface area contributed by atoms with E-state index >= 15 is 0 Å². The van der Waals surface area contributed by atoms with E-state index in [9.17, 15) is 19.5 Å². The highest BCUT2D eigenvalue weighted by Crippen LogP contribution is 2.38. The first-order chi connectivity index (χ1) is 18.6. The van der Waals surface area contributed by atoms with Gasteiger partial charge in [0.25, 0.3) is 5.91 Å². The number of benzene rings is 3. The molecule has 0 saturated heterocycles. The number of carbonyl (C=O) groups excluding carboxylic acids is 2. The van der Waals surface area contributed by atoms with Crippen LogP contribution >= 0.6 is 11.6 Å². The highest BCUT2D eigenvalue weighted by Gasteiger charge is 2.35. The summed E-state index contributed by atoms with van der Waals surface area (Å²) in [5.74, 6) is -1.51. The highest BCUT2D eigenvalue weighted by molar-refractivity contribution is 6.30. The van der Waals surface area contributed by atoms with Crippen molar-refractivity contribution in [3.8, 4) is 0 Å². The largest absolute Gasteiger partial charge is 0.479 e. The number of anilines is 2. The lowest BCUT2D eigenvalue weighted by Crippen LogP contribution is -2.42. The van der Waals surface area contributed by atoms with Crippen LogP contribution in [0.15, 0.2) is 72.8 Å². The van der Waals surface area contributed by atoms with Gasteiger partial charge in [0.2, 0.25) is 5.91 Å². The van der Waals surface area contributed by atoms with Gasteiger partial charge in [-0.1, -0.05) is 41.9 Å². The van der Waals surface area contributed by atoms with Crippen LogP contribution in [0.1, 0.15) is 54.6 Å². The molecule has 1 aliphatic heterocycles. The van der Waals surface area contributed by atoms with Crippen LogP contribution in [0.25, 0.3) is 0 Å². The number of carboxylic acid groups (broad SMARTS) is 1. The molecule has 1 heterocycles. The third kappa shape index (κ3) is 6.32. The minimum atomic E-state index is -1.25. The van der Waals surface area contributed by atoms with E-state index in [1.165, 1.54) is 13.8 Å². The number of carboxylic acids is 1. The predicted octanol–water partition coefficient (Wildman–Crippen LogP) is 5.95. The molecule has 0 radical (unpaired) electrons. The van der Waals surface area contributed by atoms with Crippen LogP contribution in [0.4, 0.5) is 11.4 Å². The number of likely N-dealkylation sites (N-methyl/N-ethyl adjacent to an activating group) is 1. The Morgan fingerprint density at radius 3 is 2.33 bits per heavy atom. The zero-order chi connectivity index (χ0) is 28.2. The molecule has 0 aliphatic carbocycles. The van der Waals surface area contributed by atoms with Crippen molar-refractivity contribution in [3.63, 3.8) is 0 Å². The standard InChI is InChI=1S/C31H33ClN2O5/c1-4-33(24-15-13-23(32)14-16-24)29(36)26-17-19-34(27-8-6-5-7-25(26)27)28(35)22-11-9-21(10-12-22)18-20-39-31(2,3)30(37)38/h5-16,26H,4,17-20H2,1-3H3,(H,37,38)/t26-/m0/s1. The molecule has 1 N–H and O–H groups in total. The minimum Gasteiger partial charge on any atom is -0.479 e. The van der Waals surface area contributed by atoms with Crippen molar-refractivity contribution in [2.45, 2.75) is 45.1 Å². The number of hydrogen-bond donors (Lipinski definition) is 1. The molecule has 0 spiro atoms. The molecule has 1 aliphatic rings. The van der Waals surface area contributed by atoms with Gasteiger partial charge in [0.1, 0.15) is 0 Å². The molecule has 0 saturated carbocycles. The molecule has 1 atom stereocenters. The maximum Gasteiger partial charge on any atom is 0.335 e. The zero-order valence-electron chi connectivity index (χ0n) is 22.4. The Morgan fingerprint density at radius 1 is 1.03 bits per heavy atom. The average molecular weight is 549 g/mol. The molecule has 0 bridgehead atoms. The number of aliphatic carboxylic acids is 1. The Balaban J connectivity index is 1.49. The normalized spacial score (nSPS) is 15.0. The summed E-state index contributed by atoms with van der Waals surface area (Å²) in [6.45, 7) is 6.18. The monoisotopic (exact) mass is 548 g/mol. The van der Waals surface area contributed by atoms with Gasteiger partial charge in [0.05, 0.1) is 12.5 Å². The average Bonchev–Trinajstić information content (AvgIpc) is 2.93. The summed E-state index contributed by atoms with van der Waals surface area (Å²) in [6, 6.07) is 22.1. The molecule has 4 rings (SSSR count). The van der Waals surface area contributed by atoms with Gasteiger partial charge in [0.15, 0.2) is 5.60 Å². The first-order valence-corrected chi connectivity index (χ1v) is 13.4. The number of para-hydroxylation sites is 1. The van der Waals surface area contributed by atoms with E-state index in [1.54, 1.807) is 34.1 Å². The van der Waals surface area contributed by atoms with Gasteiger partial charge >= 0.3 is 5.97 Å². The SMILES string of the molecule is CCN(C(=O)[C@H]1CCN(C(=O)c2ccc(CCOC(C)(C)C(=O)O)cc2)c2ccccc21)c1ccc(Cl)cc1. The lowest BCUT2D eigenvalue weighted by Gasteiger charge is -2.36. The van der Waals surface area contributed by atoms with Gasteiger partial charge in [-0.15, -0.1) is 0 Å². The molecule has 0 unspecified atom stereocenters. The lowest BCUT2D eigenvalue weighted by molar-refractivity contribution is -0.161. The van der Waals surface area contributed by atoms with Gasteiger partial charge in [-0.05, 0) is 87.2 Å². The molecule has 39 heavy (non-hydrogen) atoms. The van der Waals surface area contributed by atoms with Crippen LogP contribution < -0.4 is 9.80 Å². The van der Waals surface area contributed by atoms with E-state index in [4.69, 9.17) is 16.3 Å². The number of nitrogens with zero attached hydrogens (tertiary/aromatic N) is 2. The van der Waals surface area contributed by atoms with Gasteiger partial charge in [0, 0.05) is 35.1 Å². The Bertz CT molecular complexity index is 1340. The number of hydrogen-bond acceptors (Lipinski definition) is 4. The summed E-state index contributed by atoms with van der Waals surface area (Å²) in [4.78, 5) is 41.9. The summed E-state index contributed by atoms with van der Waals surface area (Å²) >= 11 is 6.04. The van der Waals surface area contributed by atoms with Crippen molar-refractivity contribution < 1.29 is 24.2 Å². The molecule has 0 aromatic heterocycles. The minimum absolute atomic E-state index is 0.00276. The second-order valence-electron chi connectivity index (χ2n) is 10.0. The van der Waals surface area contributed by atoms with Crippen molar-refractivity contribution in [1.29, 1.82) is 0 Å². The van der Waals surface area contributed by atoms with Crippen LogP contribution in [-0.4, -0.2) is 48.2 Å². The molecule has 3 aromatic carbocycles. The second-order valence-corrected chi connectivity index (χ2v) is 10.5. The van der Waals surface area contributed by atoms with Gasteiger partial charge in [-0.2, -0.15) is 0 Å². The summed E-state index contributed by atoms with van der Waals surface area (Å²) in [6.07, 6.45) is 1.05. The van der Waals surface area contributed by atoms with Gasteiger partial charge < -0.3 is 19.6 Å². The smallest absolute Gasteiger partial charge is 0.335 e. The molecular formula is C31H33ClN2O5. The number of fused-ring (bicyclic) bond motifs is 1. The Hall–Kier alpha value is -3.68. The molecule has 3 aromatic rings. The molecule has 8 heteroatoms. The Labute approximate surface area is 233 Å². The fraction of sp³-hybridized carbons (Fsp3) is 0.323. The van der Waals surface area contributed by atoms with E-state index in [0.29, 0.717) is 36.5 Å². The predicted molar refractivity (Wildman–Crippen MR) is 153 cm³/mol. The van der Waals surface area contributed by atoms with Crippen molar-refractivity contribution >= 4 is 40.8 Å². The second kappa shape index (κ2) is 12.0. The zero-order valence-corrected chi connectivity index (χ0v) is 23.1. The first-order valence-electron chi connectivity index (χ1n) is 13.1. The summed E-state index contributed by atoms with van der Waals surface area (Å²) in [5.41, 5.74) is 2.61. The first kappa shape index (κ1) is 28.3. The summed E-state index contributed by atoms with van der Waals surface area (Å²) in [7, 11) is 0. The lowest BCUT2D eigenvalue weighted by atomic mass is 9.88. The topological polar surface area (TPSA) is 87.2 Å². The van der Waals surface area contributed by atoms with Crippen LogP contribution in [0.3, 0.4) is 0 Å². The molecule has 204 valence electrons. The summed E-state index contributed by atoms with van der Waals surface area (Å²) < 4.78 is 5.48. The number of ether oxygens (including phenoxy) is 1. The number of rotatable bonds is 9. The van der Waals surface area contributed by atoms with Gasteiger partial charge in [-0.3, -0.25) is 9.59 Å². The van der Waals surface area contributed by atoms with Crippen molar-refractivity contribution in [1.82, 2.24) is 0 Å². The molecule has 0 fully saturated rings. The molecular weight excluding hydrogens is 516 g/mol. The van der Waals surface area contributed by atoms with Crippen molar-refractivity contribution in [3.05, 3.63) is 94.5 Å². The third-order valence-corrected chi connectivity index (χ3v) is 7.33. The van der Waals surface area contributed by atoms with E-state index in [-0.39, 0.29) is 24.3 Å². The summed E-state index contributed by atoms with van der Waals surface area (Å²) in [5, 5.41) is 9.80. The fourth-order valence-corrected chi connectivity index (χ4v) is 4.89. The van der Waals surface area contributed by atoms with Crippen molar-refractivity contribution in [2.75, 3.05) is 29.5 Å². The number of halogens is 1. The van der Waals surface area contributed by atoms with E-state index < -0.39 is 11.6 Å².